The SMILES string of the molecule is Cc1occc1C(=O)Nc1cc(Cl)ccc1C(=O)N1CCC(C(=O)O)C1. The highest BCUT2D eigenvalue weighted by atomic mass is 35.5. The molecule has 3 rings (SSSR count). The number of nitrogens with zero attached hydrogens (tertiary/aromatic N) is 1. The highest BCUT2D eigenvalue weighted by Crippen LogP contribution is 2.26. The Bertz CT molecular complexity index is 876. The number of nitrogens with one attached hydrogen (secondary N) is 1. The van der Waals surface area contributed by atoms with Gasteiger partial charge in [0.1, 0.15) is 5.76 Å². The van der Waals surface area contributed by atoms with Gasteiger partial charge in [-0.15, -0.1) is 0 Å². The number of benzene rings is 1. The van der Waals surface area contributed by atoms with E-state index in [-0.39, 0.29) is 23.7 Å². The average Bonchev–Trinajstić information content (AvgIpc) is 3.23. The number of carbonyl (C=O) groups excluding carboxylic acids is 2. The first-order valence-corrected chi connectivity index (χ1v) is 8.41. The predicted molar refractivity (Wildman–Crippen MR) is 94.5 cm³/mol. The van der Waals surface area contributed by atoms with Gasteiger partial charge in [-0.3, -0.25) is 14.4 Å². The molecule has 1 aromatic heterocycles. The zero-order valence-electron chi connectivity index (χ0n) is 14.0. The zero-order chi connectivity index (χ0) is 18.8. The molecule has 1 atom stereocenters. The average molecular weight is 377 g/mol. The van der Waals surface area contributed by atoms with Crippen LogP contribution in [0.5, 0.6) is 0 Å². The van der Waals surface area contributed by atoms with Crippen molar-refractivity contribution in [1.29, 1.82) is 0 Å². The fourth-order valence-electron chi connectivity index (χ4n) is 2.93. The number of aliphatic carboxylic acids is 1. The van der Waals surface area contributed by atoms with E-state index in [9.17, 15) is 14.4 Å². The van der Waals surface area contributed by atoms with Gasteiger partial charge in [-0.1, -0.05) is 11.6 Å². The van der Waals surface area contributed by atoms with Crippen LogP contribution < -0.4 is 5.32 Å². The third kappa shape index (κ3) is 3.57. The van der Waals surface area contributed by atoms with Crippen molar-refractivity contribution in [3.8, 4) is 0 Å². The summed E-state index contributed by atoms with van der Waals surface area (Å²) >= 11 is 6.01. The van der Waals surface area contributed by atoms with Crippen LogP contribution in [0.1, 0.15) is 32.9 Å². The first kappa shape index (κ1) is 18.0. The molecule has 26 heavy (non-hydrogen) atoms. The number of anilines is 1. The standard InChI is InChI=1S/C18H17ClN2O5/c1-10-13(5-7-26-10)16(22)20-15-8-12(19)2-3-14(15)17(23)21-6-4-11(9-21)18(24)25/h2-3,5,7-8,11H,4,6,9H2,1H3,(H,20,22)(H,24,25). The molecule has 1 aromatic carbocycles. The molecule has 8 heteroatoms. The number of aryl methyl sites for hydroxylation is 1. The summed E-state index contributed by atoms with van der Waals surface area (Å²) in [4.78, 5) is 37.8. The summed E-state index contributed by atoms with van der Waals surface area (Å²) in [6.45, 7) is 2.16. The molecule has 0 bridgehead atoms. The van der Waals surface area contributed by atoms with E-state index in [0.29, 0.717) is 29.3 Å². The summed E-state index contributed by atoms with van der Waals surface area (Å²) in [5.41, 5.74) is 0.886. The summed E-state index contributed by atoms with van der Waals surface area (Å²) in [6, 6.07) is 6.11. The van der Waals surface area contributed by atoms with Gasteiger partial charge in [-0.25, -0.2) is 0 Å². The van der Waals surface area contributed by atoms with Crippen molar-refractivity contribution in [2.45, 2.75) is 13.3 Å². The predicted octanol–water partition coefficient (Wildman–Crippen LogP) is 3.04. The van der Waals surface area contributed by atoms with Gasteiger partial charge in [0, 0.05) is 18.1 Å². The van der Waals surface area contributed by atoms with Crippen LogP contribution in [0, 0.1) is 12.8 Å². The Balaban J connectivity index is 1.84. The molecule has 0 spiro atoms. The summed E-state index contributed by atoms with van der Waals surface area (Å²) in [5.74, 6) is -1.79. The van der Waals surface area contributed by atoms with Gasteiger partial charge in [0.25, 0.3) is 11.8 Å². The highest BCUT2D eigenvalue weighted by Gasteiger charge is 2.32. The summed E-state index contributed by atoms with van der Waals surface area (Å²) in [6.07, 6.45) is 1.81. The molecule has 1 aliphatic rings. The Morgan fingerprint density at radius 1 is 1.27 bits per heavy atom. The fraction of sp³-hybridized carbons (Fsp3) is 0.278. The molecule has 2 N–H and O–H groups in total. The van der Waals surface area contributed by atoms with Crippen LogP contribution in [0.25, 0.3) is 0 Å². The molecule has 2 aromatic rings. The van der Waals surface area contributed by atoms with Crippen LogP contribution in [-0.2, 0) is 4.79 Å². The molecule has 0 saturated carbocycles. The Kier molecular flexibility index (Phi) is 4.99. The van der Waals surface area contributed by atoms with Crippen LogP contribution in [0.4, 0.5) is 5.69 Å². The van der Waals surface area contributed by atoms with Crippen molar-refractivity contribution in [1.82, 2.24) is 4.90 Å². The van der Waals surface area contributed by atoms with E-state index >= 15 is 0 Å². The Labute approximate surface area is 154 Å². The van der Waals surface area contributed by atoms with Gasteiger partial charge in [0.15, 0.2) is 0 Å². The minimum absolute atomic E-state index is 0.144. The lowest BCUT2D eigenvalue weighted by atomic mass is 10.1. The topological polar surface area (TPSA) is 99.9 Å². The number of furan rings is 1. The number of rotatable bonds is 4. The minimum Gasteiger partial charge on any atom is -0.481 e. The number of hydrogen-bond donors (Lipinski definition) is 2. The second-order valence-corrected chi connectivity index (χ2v) is 6.55. The third-order valence-corrected chi connectivity index (χ3v) is 4.62. The van der Waals surface area contributed by atoms with Gasteiger partial charge < -0.3 is 19.7 Å². The van der Waals surface area contributed by atoms with E-state index in [1.807, 2.05) is 0 Å². The molecule has 2 heterocycles. The molecule has 1 saturated heterocycles. The quantitative estimate of drug-likeness (QED) is 0.854. The van der Waals surface area contributed by atoms with Crippen LogP contribution in [-0.4, -0.2) is 40.9 Å². The van der Waals surface area contributed by atoms with Crippen molar-refractivity contribution in [2.24, 2.45) is 5.92 Å². The molecular weight excluding hydrogens is 360 g/mol. The van der Waals surface area contributed by atoms with Crippen LogP contribution >= 0.6 is 11.6 Å². The van der Waals surface area contributed by atoms with Crippen LogP contribution in [0.3, 0.4) is 0 Å². The first-order valence-electron chi connectivity index (χ1n) is 8.04. The van der Waals surface area contributed by atoms with E-state index in [1.165, 1.54) is 29.4 Å². The number of amides is 2. The molecule has 2 amide bonds. The van der Waals surface area contributed by atoms with Gasteiger partial charge in [-0.05, 0) is 37.6 Å². The Morgan fingerprint density at radius 2 is 2.04 bits per heavy atom. The highest BCUT2D eigenvalue weighted by molar-refractivity contribution is 6.31. The largest absolute Gasteiger partial charge is 0.481 e. The summed E-state index contributed by atoms with van der Waals surface area (Å²) < 4.78 is 5.12. The van der Waals surface area contributed by atoms with Gasteiger partial charge in [0.2, 0.25) is 0 Å². The molecule has 7 nitrogen and oxygen atoms in total. The van der Waals surface area contributed by atoms with Crippen molar-refractivity contribution in [3.05, 3.63) is 52.4 Å². The van der Waals surface area contributed by atoms with Gasteiger partial charge >= 0.3 is 5.97 Å². The van der Waals surface area contributed by atoms with Gasteiger partial charge in [0.05, 0.1) is 29.0 Å². The number of halogens is 1. The lowest BCUT2D eigenvalue weighted by molar-refractivity contribution is -0.141. The smallest absolute Gasteiger partial charge is 0.308 e. The number of hydrogen-bond acceptors (Lipinski definition) is 4. The van der Waals surface area contributed by atoms with Crippen molar-refractivity contribution >= 4 is 35.1 Å². The summed E-state index contributed by atoms with van der Waals surface area (Å²) in [7, 11) is 0. The molecule has 0 radical (unpaired) electrons. The molecular formula is C18H17ClN2O5. The number of carboxylic acids is 1. The van der Waals surface area contributed by atoms with E-state index in [2.05, 4.69) is 5.32 Å². The van der Waals surface area contributed by atoms with Crippen LogP contribution in [0.15, 0.2) is 34.9 Å². The zero-order valence-corrected chi connectivity index (χ0v) is 14.7. The molecule has 1 unspecified atom stereocenters. The van der Waals surface area contributed by atoms with E-state index < -0.39 is 17.8 Å². The fourth-order valence-corrected chi connectivity index (χ4v) is 3.11. The third-order valence-electron chi connectivity index (χ3n) is 4.39. The van der Waals surface area contributed by atoms with Crippen molar-refractivity contribution < 1.29 is 23.9 Å². The molecule has 1 aliphatic heterocycles. The lowest BCUT2D eigenvalue weighted by Crippen LogP contribution is -2.30. The molecule has 1 fully saturated rings. The first-order chi connectivity index (χ1) is 12.4. The van der Waals surface area contributed by atoms with E-state index in [0.717, 1.165) is 0 Å². The summed E-state index contributed by atoms with van der Waals surface area (Å²) in [5, 5.41) is 12.2. The minimum atomic E-state index is -0.916. The second kappa shape index (κ2) is 7.21. The Morgan fingerprint density at radius 3 is 2.65 bits per heavy atom. The van der Waals surface area contributed by atoms with E-state index in [4.69, 9.17) is 21.1 Å². The number of carbonyl (C=O) groups is 3. The Hall–Kier alpha value is -2.80. The maximum atomic E-state index is 12.8. The monoisotopic (exact) mass is 376 g/mol. The number of carboxylic acid groups (broad SMARTS) is 1. The molecule has 0 aliphatic carbocycles. The maximum Gasteiger partial charge on any atom is 0.308 e. The normalized spacial score (nSPS) is 16.5. The number of likely N-dealkylation sites (tertiary alicyclic amines) is 1. The van der Waals surface area contributed by atoms with E-state index in [1.54, 1.807) is 13.0 Å². The lowest BCUT2D eigenvalue weighted by Gasteiger charge is -2.18. The van der Waals surface area contributed by atoms with Crippen molar-refractivity contribution in [3.63, 3.8) is 0 Å². The van der Waals surface area contributed by atoms with Gasteiger partial charge in [-0.2, -0.15) is 0 Å². The molecule has 136 valence electrons. The van der Waals surface area contributed by atoms with Crippen molar-refractivity contribution in [2.75, 3.05) is 18.4 Å². The maximum absolute atomic E-state index is 12.8. The van der Waals surface area contributed by atoms with Crippen LogP contribution in [0.2, 0.25) is 5.02 Å². The second-order valence-electron chi connectivity index (χ2n) is 6.11.